The summed E-state index contributed by atoms with van der Waals surface area (Å²) in [5.41, 5.74) is 0.342. The summed E-state index contributed by atoms with van der Waals surface area (Å²) < 4.78 is 27.6. The van der Waals surface area contributed by atoms with Gasteiger partial charge in [0, 0.05) is 12.1 Å². The second-order valence-corrected chi connectivity index (χ2v) is 3.20. The molecule has 0 heterocycles. The lowest BCUT2D eigenvalue weighted by Gasteiger charge is -2.16. The highest BCUT2D eigenvalue weighted by Gasteiger charge is 2.12. The maximum absolute atomic E-state index is 13.4. The van der Waals surface area contributed by atoms with E-state index in [9.17, 15) is 8.78 Å². The first-order chi connectivity index (χ1) is 6.07. The van der Waals surface area contributed by atoms with Gasteiger partial charge < -0.3 is 4.31 Å². The Balaban J connectivity index is 3.18. The highest BCUT2D eigenvalue weighted by atomic mass is 32.1. The minimum absolute atomic E-state index is 0.0324. The van der Waals surface area contributed by atoms with Gasteiger partial charge in [0.15, 0.2) is 5.82 Å². The summed E-state index contributed by atoms with van der Waals surface area (Å²) in [4.78, 5) is 0. The predicted molar refractivity (Wildman–Crippen MR) is 53.1 cm³/mol. The molecule has 0 radical (unpaired) electrons. The molecule has 0 amide bonds. The average Bonchev–Trinajstić information content (AvgIpc) is 2.13. The zero-order valence-electron chi connectivity index (χ0n) is 7.51. The molecule has 4 heteroatoms. The van der Waals surface area contributed by atoms with E-state index in [0.717, 1.165) is 0 Å². The molecule has 0 saturated heterocycles. The predicted octanol–water partition coefficient (Wildman–Crippen LogP) is 2.94. The number of rotatable bonds is 2. The standard InChI is InChI=1S/C9H11F2NS/c1-3-12(13)8-5-4-7(10)6(2)9(8)11/h4-5,13H,3H2,1-2H3. The Labute approximate surface area is 81.9 Å². The Morgan fingerprint density at radius 3 is 2.54 bits per heavy atom. The third-order valence-corrected chi connectivity index (χ3v) is 2.38. The third-order valence-electron chi connectivity index (χ3n) is 1.88. The minimum Gasteiger partial charge on any atom is -0.316 e. The molecule has 0 fully saturated rings. The lowest BCUT2D eigenvalue weighted by atomic mass is 10.2. The highest BCUT2D eigenvalue weighted by molar-refractivity contribution is 7.81. The summed E-state index contributed by atoms with van der Waals surface area (Å²) in [6.07, 6.45) is 0. The smallest absolute Gasteiger partial charge is 0.153 e. The molecule has 0 saturated carbocycles. The monoisotopic (exact) mass is 203 g/mol. The van der Waals surface area contributed by atoms with Crippen molar-refractivity contribution in [1.82, 2.24) is 0 Å². The van der Waals surface area contributed by atoms with Crippen LogP contribution < -0.4 is 4.31 Å². The van der Waals surface area contributed by atoms with E-state index in [0.29, 0.717) is 12.2 Å². The minimum atomic E-state index is -0.545. The van der Waals surface area contributed by atoms with Crippen molar-refractivity contribution < 1.29 is 8.78 Å². The van der Waals surface area contributed by atoms with Crippen LogP contribution in [0, 0.1) is 18.6 Å². The Kier molecular flexibility index (Phi) is 3.14. The van der Waals surface area contributed by atoms with Gasteiger partial charge >= 0.3 is 0 Å². The number of hydrogen-bond acceptors (Lipinski definition) is 2. The number of hydrogen-bond donors (Lipinski definition) is 1. The average molecular weight is 203 g/mol. The van der Waals surface area contributed by atoms with Crippen molar-refractivity contribution in [3.8, 4) is 0 Å². The quantitative estimate of drug-likeness (QED) is 0.723. The molecule has 0 spiro atoms. The van der Waals surface area contributed by atoms with Gasteiger partial charge in [-0.25, -0.2) is 8.78 Å². The summed E-state index contributed by atoms with van der Waals surface area (Å²) in [5, 5.41) is 0. The van der Waals surface area contributed by atoms with Crippen LogP contribution in [0.4, 0.5) is 14.5 Å². The van der Waals surface area contributed by atoms with E-state index < -0.39 is 11.6 Å². The molecule has 0 aliphatic heterocycles. The number of anilines is 1. The van der Waals surface area contributed by atoms with Gasteiger partial charge in [-0.2, -0.15) is 0 Å². The van der Waals surface area contributed by atoms with Crippen molar-refractivity contribution >= 4 is 18.5 Å². The fraction of sp³-hybridized carbons (Fsp3) is 0.333. The lowest BCUT2D eigenvalue weighted by Crippen LogP contribution is -2.11. The van der Waals surface area contributed by atoms with Gasteiger partial charge in [-0.15, -0.1) is 0 Å². The maximum atomic E-state index is 13.4. The van der Waals surface area contributed by atoms with Crippen LogP contribution in [0.5, 0.6) is 0 Å². The first kappa shape index (κ1) is 10.3. The van der Waals surface area contributed by atoms with Crippen molar-refractivity contribution in [2.24, 2.45) is 0 Å². The van der Waals surface area contributed by atoms with Crippen LogP contribution >= 0.6 is 12.8 Å². The normalized spacial score (nSPS) is 10.2. The molecule has 13 heavy (non-hydrogen) atoms. The zero-order chi connectivity index (χ0) is 10.0. The zero-order valence-corrected chi connectivity index (χ0v) is 8.41. The number of halogens is 2. The summed E-state index contributed by atoms with van der Waals surface area (Å²) in [6, 6.07) is 2.63. The molecule has 1 nitrogen and oxygen atoms in total. The Morgan fingerprint density at radius 2 is 2.00 bits per heavy atom. The van der Waals surface area contributed by atoms with E-state index in [1.807, 2.05) is 6.92 Å². The molecule has 0 aromatic heterocycles. The van der Waals surface area contributed by atoms with Crippen LogP contribution in [0.1, 0.15) is 12.5 Å². The van der Waals surface area contributed by atoms with E-state index in [1.165, 1.54) is 23.4 Å². The molecule has 0 N–H and O–H groups in total. The topological polar surface area (TPSA) is 3.24 Å². The van der Waals surface area contributed by atoms with Gasteiger partial charge in [0.1, 0.15) is 5.82 Å². The molecule has 0 bridgehead atoms. The van der Waals surface area contributed by atoms with Crippen molar-refractivity contribution in [3.63, 3.8) is 0 Å². The van der Waals surface area contributed by atoms with Crippen LogP contribution in [-0.2, 0) is 0 Å². The molecule has 1 aromatic rings. The number of thiol groups is 1. The maximum Gasteiger partial charge on any atom is 0.153 e. The molecule has 1 rings (SSSR count). The van der Waals surface area contributed by atoms with Gasteiger partial charge in [-0.3, -0.25) is 0 Å². The molecule has 72 valence electrons. The van der Waals surface area contributed by atoms with Crippen LogP contribution in [0.3, 0.4) is 0 Å². The second kappa shape index (κ2) is 3.96. The fourth-order valence-electron chi connectivity index (χ4n) is 1.02. The summed E-state index contributed by atoms with van der Waals surface area (Å²) in [5.74, 6) is -1.07. The first-order valence-corrected chi connectivity index (χ1v) is 4.39. The first-order valence-electron chi connectivity index (χ1n) is 3.99. The van der Waals surface area contributed by atoms with Crippen LogP contribution in [0.2, 0.25) is 0 Å². The second-order valence-electron chi connectivity index (χ2n) is 2.72. The van der Waals surface area contributed by atoms with Gasteiger partial charge in [-0.1, -0.05) is 12.8 Å². The third kappa shape index (κ3) is 1.94. The Bertz CT molecular complexity index is 315. The largest absolute Gasteiger partial charge is 0.316 e. The van der Waals surface area contributed by atoms with Gasteiger partial charge in [0.25, 0.3) is 0 Å². The van der Waals surface area contributed by atoms with Crippen molar-refractivity contribution in [2.45, 2.75) is 13.8 Å². The van der Waals surface area contributed by atoms with E-state index >= 15 is 0 Å². The summed E-state index contributed by atoms with van der Waals surface area (Å²) in [7, 11) is 0. The Morgan fingerprint density at radius 1 is 1.38 bits per heavy atom. The molecule has 1 aromatic carbocycles. The molecule has 0 atom stereocenters. The van der Waals surface area contributed by atoms with Crippen LogP contribution in [-0.4, -0.2) is 6.54 Å². The van der Waals surface area contributed by atoms with E-state index in [1.54, 1.807) is 0 Å². The molecule has 0 aliphatic carbocycles. The van der Waals surface area contributed by atoms with E-state index in [-0.39, 0.29) is 5.56 Å². The number of nitrogens with zero attached hydrogens (tertiary/aromatic N) is 1. The number of benzene rings is 1. The van der Waals surface area contributed by atoms with Gasteiger partial charge in [-0.05, 0) is 26.0 Å². The van der Waals surface area contributed by atoms with Crippen molar-refractivity contribution in [3.05, 3.63) is 29.3 Å². The fourth-order valence-corrected chi connectivity index (χ4v) is 1.17. The van der Waals surface area contributed by atoms with E-state index in [2.05, 4.69) is 12.8 Å². The SMILES string of the molecule is CCN(S)c1ccc(F)c(C)c1F. The molecule has 0 unspecified atom stereocenters. The van der Waals surface area contributed by atoms with E-state index in [4.69, 9.17) is 0 Å². The summed E-state index contributed by atoms with van der Waals surface area (Å²) >= 11 is 4.04. The molecule has 0 aliphatic rings. The van der Waals surface area contributed by atoms with Crippen LogP contribution in [0.25, 0.3) is 0 Å². The molecular weight excluding hydrogens is 192 g/mol. The summed E-state index contributed by atoms with van der Waals surface area (Å²) in [6.45, 7) is 3.81. The lowest BCUT2D eigenvalue weighted by molar-refractivity contribution is 0.569. The molecular formula is C9H11F2NS. The Hall–Kier alpha value is -0.770. The van der Waals surface area contributed by atoms with Gasteiger partial charge in [0.2, 0.25) is 0 Å². The van der Waals surface area contributed by atoms with Crippen molar-refractivity contribution in [2.75, 3.05) is 10.8 Å². The van der Waals surface area contributed by atoms with Gasteiger partial charge in [0.05, 0.1) is 5.69 Å². The van der Waals surface area contributed by atoms with Crippen molar-refractivity contribution in [1.29, 1.82) is 0 Å². The highest BCUT2D eigenvalue weighted by Crippen LogP contribution is 2.24. The van der Waals surface area contributed by atoms with Crippen LogP contribution in [0.15, 0.2) is 12.1 Å².